The Bertz CT molecular complexity index is 496. The van der Waals surface area contributed by atoms with Crippen LogP contribution in [-0.2, 0) is 4.79 Å². The van der Waals surface area contributed by atoms with Crippen molar-refractivity contribution in [2.75, 3.05) is 39.0 Å². The summed E-state index contributed by atoms with van der Waals surface area (Å²) < 4.78 is 1.10. The van der Waals surface area contributed by atoms with Crippen LogP contribution in [0.4, 0.5) is 5.69 Å². The van der Waals surface area contributed by atoms with Gasteiger partial charge in [-0.1, -0.05) is 22.0 Å². The number of nitrogens with zero attached hydrogens (tertiary/aromatic N) is 2. The highest BCUT2D eigenvalue weighted by molar-refractivity contribution is 9.10. The lowest BCUT2D eigenvalue weighted by Gasteiger charge is -2.33. The third-order valence-electron chi connectivity index (χ3n) is 4.00. The summed E-state index contributed by atoms with van der Waals surface area (Å²) in [5.41, 5.74) is 2.47. The molecule has 0 radical (unpaired) electrons. The van der Waals surface area contributed by atoms with Gasteiger partial charge in [0.1, 0.15) is 0 Å². The number of amides is 1. The molecule has 21 heavy (non-hydrogen) atoms. The third kappa shape index (κ3) is 4.71. The summed E-state index contributed by atoms with van der Waals surface area (Å²) in [6.07, 6.45) is 2.15. The molecule has 1 aliphatic rings. The number of hydrogen-bond donors (Lipinski definition) is 1. The van der Waals surface area contributed by atoms with Crippen molar-refractivity contribution in [1.29, 1.82) is 0 Å². The summed E-state index contributed by atoms with van der Waals surface area (Å²) in [5, 5.41) is 3.63. The Labute approximate surface area is 135 Å². The van der Waals surface area contributed by atoms with Crippen LogP contribution in [0, 0.1) is 6.92 Å². The Kier molecular flexibility index (Phi) is 5.65. The van der Waals surface area contributed by atoms with Crippen molar-refractivity contribution in [2.45, 2.75) is 25.8 Å². The summed E-state index contributed by atoms with van der Waals surface area (Å²) in [5.74, 6) is 0.184. The first-order chi connectivity index (χ1) is 9.95. The number of aryl methyl sites for hydroxylation is 1. The zero-order valence-electron chi connectivity index (χ0n) is 13.0. The minimum absolute atomic E-state index is 0.184. The number of carbonyl (C=O) groups is 1. The number of hydrogen-bond acceptors (Lipinski definition) is 3. The second-order valence-electron chi connectivity index (χ2n) is 5.94. The molecule has 1 N–H and O–H groups in total. The molecule has 1 amide bonds. The summed E-state index contributed by atoms with van der Waals surface area (Å²) in [6.45, 7) is 4.61. The molecule has 0 saturated carbocycles. The zero-order chi connectivity index (χ0) is 15.4. The number of carbonyl (C=O) groups excluding carboxylic acids is 1. The standard InChI is InChI=1S/C16H24BrN3O/c1-12-4-5-13(17)10-15(12)18-14-6-8-20(9-7-14)11-16(21)19(2)3/h4-5,10,14,18H,6-9,11H2,1-3H3. The number of anilines is 1. The lowest BCUT2D eigenvalue weighted by Crippen LogP contribution is -2.44. The molecule has 0 aliphatic carbocycles. The van der Waals surface area contributed by atoms with E-state index in [2.05, 4.69) is 51.3 Å². The Morgan fingerprint density at radius 2 is 2.05 bits per heavy atom. The highest BCUT2D eigenvalue weighted by Gasteiger charge is 2.21. The van der Waals surface area contributed by atoms with Gasteiger partial charge in [-0.05, 0) is 37.5 Å². The molecule has 1 aliphatic heterocycles. The fraction of sp³-hybridized carbons (Fsp3) is 0.562. The summed E-state index contributed by atoms with van der Waals surface area (Å²) in [4.78, 5) is 15.6. The first-order valence-corrected chi connectivity index (χ1v) is 8.20. The molecule has 1 fully saturated rings. The van der Waals surface area contributed by atoms with Gasteiger partial charge in [0.25, 0.3) is 0 Å². The smallest absolute Gasteiger partial charge is 0.236 e. The maximum atomic E-state index is 11.7. The summed E-state index contributed by atoms with van der Waals surface area (Å²) >= 11 is 3.52. The normalized spacial score (nSPS) is 16.8. The molecule has 1 aromatic rings. The molecule has 2 rings (SSSR count). The van der Waals surface area contributed by atoms with E-state index < -0.39 is 0 Å². The van der Waals surface area contributed by atoms with Crippen molar-refractivity contribution in [2.24, 2.45) is 0 Å². The van der Waals surface area contributed by atoms with Crippen LogP contribution in [0.25, 0.3) is 0 Å². The van der Waals surface area contributed by atoms with Crippen molar-refractivity contribution in [1.82, 2.24) is 9.80 Å². The van der Waals surface area contributed by atoms with Crippen LogP contribution in [0.15, 0.2) is 22.7 Å². The minimum atomic E-state index is 0.184. The van der Waals surface area contributed by atoms with E-state index in [1.807, 2.05) is 14.1 Å². The Morgan fingerprint density at radius 1 is 1.38 bits per heavy atom. The average molecular weight is 354 g/mol. The molecule has 1 saturated heterocycles. The van der Waals surface area contributed by atoms with Gasteiger partial charge >= 0.3 is 0 Å². The van der Waals surface area contributed by atoms with Crippen LogP contribution in [0.2, 0.25) is 0 Å². The first kappa shape index (κ1) is 16.3. The van der Waals surface area contributed by atoms with Crippen molar-refractivity contribution in [3.05, 3.63) is 28.2 Å². The van der Waals surface area contributed by atoms with Gasteiger partial charge in [0, 0.05) is 43.4 Å². The van der Waals surface area contributed by atoms with E-state index in [9.17, 15) is 4.79 Å². The van der Waals surface area contributed by atoms with Crippen LogP contribution in [-0.4, -0.2) is 55.5 Å². The SMILES string of the molecule is Cc1ccc(Br)cc1NC1CCN(CC(=O)N(C)C)CC1. The molecule has 1 aromatic carbocycles. The van der Waals surface area contributed by atoms with Gasteiger partial charge in [-0.2, -0.15) is 0 Å². The van der Waals surface area contributed by atoms with Crippen molar-refractivity contribution < 1.29 is 4.79 Å². The van der Waals surface area contributed by atoms with Crippen molar-refractivity contribution >= 4 is 27.5 Å². The monoisotopic (exact) mass is 353 g/mol. The lowest BCUT2D eigenvalue weighted by molar-refractivity contribution is -0.130. The van der Waals surface area contributed by atoms with E-state index in [0.717, 1.165) is 30.4 Å². The van der Waals surface area contributed by atoms with E-state index >= 15 is 0 Å². The largest absolute Gasteiger partial charge is 0.382 e. The second-order valence-corrected chi connectivity index (χ2v) is 6.86. The van der Waals surface area contributed by atoms with E-state index in [0.29, 0.717) is 12.6 Å². The van der Waals surface area contributed by atoms with Crippen LogP contribution < -0.4 is 5.32 Å². The number of likely N-dealkylation sites (tertiary alicyclic amines) is 1. The quantitative estimate of drug-likeness (QED) is 0.903. The van der Waals surface area contributed by atoms with E-state index in [1.54, 1.807) is 4.90 Å². The van der Waals surface area contributed by atoms with Gasteiger partial charge in [0.2, 0.25) is 5.91 Å². The highest BCUT2D eigenvalue weighted by Crippen LogP contribution is 2.23. The Hall–Kier alpha value is -1.07. The topological polar surface area (TPSA) is 35.6 Å². The van der Waals surface area contributed by atoms with Crippen LogP contribution in [0.3, 0.4) is 0 Å². The van der Waals surface area contributed by atoms with Gasteiger partial charge < -0.3 is 10.2 Å². The molecule has 0 bridgehead atoms. The third-order valence-corrected chi connectivity index (χ3v) is 4.50. The second kappa shape index (κ2) is 7.27. The van der Waals surface area contributed by atoms with E-state index in [4.69, 9.17) is 0 Å². The highest BCUT2D eigenvalue weighted by atomic mass is 79.9. The van der Waals surface area contributed by atoms with Gasteiger partial charge in [0.05, 0.1) is 6.54 Å². The molecular weight excluding hydrogens is 330 g/mol. The number of piperidine rings is 1. The van der Waals surface area contributed by atoms with E-state index in [-0.39, 0.29) is 5.91 Å². The molecule has 0 aromatic heterocycles. The molecule has 116 valence electrons. The van der Waals surface area contributed by atoms with Crippen LogP contribution in [0.5, 0.6) is 0 Å². The van der Waals surface area contributed by atoms with Gasteiger partial charge in [-0.3, -0.25) is 9.69 Å². The zero-order valence-corrected chi connectivity index (χ0v) is 14.6. The predicted octanol–water partition coefficient (Wildman–Crippen LogP) is 2.72. The van der Waals surface area contributed by atoms with Gasteiger partial charge in [-0.25, -0.2) is 0 Å². The fourth-order valence-electron chi connectivity index (χ4n) is 2.54. The fourth-order valence-corrected chi connectivity index (χ4v) is 2.90. The van der Waals surface area contributed by atoms with Gasteiger partial charge in [-0.15, -0.1) is 0 Å². The first-order valence-electron chi connectivity index (χ1n) is 7.41. The summed E-state index contributed by atoms with van der Waals surface area (Å²) in [7, 11) is 3.62. The molecule has 4 nitrogen and oxygen atoms in total. The molecule has 5 heteroatoms. The van der Waals surface area contributed by atoms with Gasteiger partial charge in [0.15, 0.2) is 0 Å². The van der Waals surface area contributed by atoms with Crippen LogP contribution >= 0.6 is 15.9 Å². The number of rotatable bonds is 4. The number of nitrogens with one attached hydrogen (secondary N) is 1. The molecular formula is C16H24BrN3O. The minimum Gasteiger partial charge on any atom is -0.382 e. The molecule has 0 atom stereocenters. The predicted molar refractivity (Wildman–Crippen MR) is 90.7 cm³/mol. The Morgan fingerprint density at radius 3 is 2.67 bits per heavy atom. The van der Waals surface area contributed by atoms with Crippen molar-refractivity contribution in [3.63, 3.8) is 0 Å². The number of benzene rings is 1. The molecule has 1 heterocycles. The van der Waals surface area contributed by atoms with Crippen molar-refractivity contribution in [3.8, 4) is 0 Å². The maximum absolute atomic E-state index is 11.7. The average Bonchev–Trinajstić information content (AvgIpc) is 2.45. The Balaban J connectivity index is 1.84. The molecule has 0 spiro atoms. The van der Waals surface area contributed by atoms with E-state index in [1.165, 1.54) is 11.3 Å². The number of halogens is 1. The van der Waals surface area contributed by atoms with Crippen LogP contribution in [0.1, 0.15) is 18.4 Å². The molecule has 0 unspecified atom stereocenters. The number of likely N-dealkylation sites (N-methyl/N-ethyl adjacent to an activating group) is 1. The summed E-state index contributed by atoms with van der Waals surface area (Å²) in [6, 6.07) is 6.81. The maximum Gasteiger partial charge on any atom is 0.236 e. The lowest BCUT2D eigenvalue weighted by atomic mass is 10.0.